The maximum absolute atomic E-state index is 11.7. The van der Waals surface area contributed by atoms with Gasteiger partial charge in [-0.25, -0.2) is 0 Å². The number of H-pyrrole nitrogens is 1. The lowest BCUT2D eigenvalue weighted by Gasteiger charge is -2.03. The molecule has 2 aromatic heterocycles. The zero-order chi connectivity index (χ0) is 12.3. The summed E-state index contributed by atoms with van der Waals surface area (Å²) in [5.41, 5.74) is 0.130. The lowest BCUT2D eigenvalue weighted by molar-refractivity contribution is 0.102. The molecule has 5 nitrogen and oxygen atoms in total. The molecule has 0 saturated heterocycles. The second-order valence-corrected chi connectivity index (χ2v) is 3.65. The van der Waals surface area contributed by atoms with Gasteiger partial charge < -0.3 is 10.3 Å². The molecular formula is C11H8ClN3O2. The van der Waals surface area contributed by atoms with Crippen molar-refractivity contribution in [2.24, 2.45) is 0 Å². The van der Waals surface area contributed by atoms with Gasteiger partial charge >= 0.3 is 0 Å². The highest BCUT2D eigenvalue weighted by Crippen LogP contribution is 2.06. The van der Waals surface area contributed by atoms with Crippen LogP contribution in [0.5, 0.6) is 0 Å². The maximum atomic E-state index is 11.7. The average molecular weight is 250 g/mol. The van der Waals surface area contributed by atoms with E-state index in [0.29, 0.717) is 5.56 Å². The Morgan fingerprint density at radius 2 is 1.94 bits per heavy atom. The minimum atomic E-state index is -0.445. The summed E-state index contributed by atoms with van der Waals surface area (Å²) >= 11 is 5.59. The van der Waals surface area contributed by atoms with E-state index in [1.54, 1.807) is 12.1 Å². The molecule has 0 unspecified atom stereocenters. The summed E-state index contributed by atoms with van der Waals surface area (Å²) in [5, 5.41) is 2.70. The summed E-state index contributed by atoms with van der Waals surface area (Å²) in [4.78, 5) is 29.3. The molecule has 0 bridgehead atoms. The van der Waals surface area contributed by atoms with Gasteiger partial charge in [0.1, 0.15) is 10.8 Å². The lowest BCUT2D eigenvalue weighted by atomic mass is 10.2. The van der Waals surface area contributed by atoms with E-state index in [-0.39, 0.29) is 16.7 Å². The molecule has 2 N–H and O–H groups in total. The Balaban J connectivity index is 2.22. The third kappa shape index (κ3) is 2.70. The van der Waals surface area contributed by atoms with Crippen LogP contribution in [0.4, 0.5) is 5.69 Å². The number of hydrogen-bond donors (Lipinski definition) is 2. The summed E-state index contributed by atoms with van der Waals surface area (Å²) in [6.07, 6.45) is 3.00. The van der Waals surface area contributed by atoms with Crippen LogP contribution in [0.3, 0.4) is 0 Å². The molecule has 17 heavy (non-hydrogen) atoms. The number of hydrogen-bond acceptors (Lipinski definition) is 3. The summed E-state index contributed by atoms with van der Waals surface area (Å²) in [6.45, 7) is 0. The lowest BCUT2D eigenvalue weighted by Crippen LogP contribution is -2.19. The van der Waals surface area contributed by atoms with Crippen LogP contribution in [0.25, 0.3) is 0 Å². The highest BCUT2D eigenvalue weighted by molar-refractivity contribution is 6.29. The normalized spacial score (nSPS) is 9.94. The van der Waals surface area contributed by atoms with E-state index in [0.717, 1.165) is 0 Å². The van der Waals surface area contributed by atoms with Gasteiger partial charge in [-0.2, -0.15) is 0 Å². The minimum Gasteiger partial charge on any atom is -0.317 e. The molecule has 6 heteroatoms. The van der Waals surface area contributed by atoms with E-state index in [2.05, 4.69) is 15.3 Å². The maximum Gasteiger partial charge on any atom is 0.272 e. The number of nitrogens with one attached hydrogen (secondary N) is 2. The Labute approximate surface area is 101 Å². The molecular weight excluding hydrogens is 242 g/mol. The fraction of sp³-hybridized carbons (Fsp3) is 0. The average Bonchev–Trinajstić information content (AvgIpc) is 2.34. The summed E-state index contributed by atoms with van der Waals surface area (Å²) < 4.78 is 0. The van der Waals surface area contributed by atoms with Crippen LogP contribution in [0.1, 0.15) is 10.4 Å². The van der Waals surface area contributed by atoms with Crippen molar-refractivity contribution in [3.05, 3.63) is 57.7 Å². The Morgan fingerprint density at radius 3 is 2.59 bits per heavy atom. The van der Waals surface area contributed by atoms with Gasteiger partial charge in [0, 0.05) is 18.0 Å². The Kier molecular flexibility index (Phi) is 3.20. The SMILES string of the molecule is O=C(Nc1ccc(Cl)[nH]c1=O)c1ccncc1. The van der Waals surface area contributed by atoms with E-state index >= 15 is 0 Å². The van der Waals surface area contributed by atoms with E-state index in [9.17, 15) is 9.59 Å². The fourth-order valence-electron chi connectivity index (χ4n) is 1.25. The first-order valence-corrected chi connectivity index (χ1v) is 5.15. The number of rotatable bonds is 2. The molecule has 0 fully saturated rings. The van der Waals surface area contributed by atoms with Gasteiger partial charge in [-0.05, 0) is 24.3 Å². The molecule has 2 aromatic rings. The van der Waals surface area contributed by atoms with Crippen LogP contribution in [0.15, 0.2) is 41.5 Å². The zero-order valence-electron chi connectivity index (χ0n) is 8.61. The van der Waals surface area contributed by atoms with Crippen molar-refractivity contribution in [2.75, 3.05) is 5.32 Å². The highest BCUT2D eigenvalue weighted by Gasteiger charge is 2.07. The van der Waals surface area contributed by atoms with Crippen molar-refractivity contribution in [2.45, 2.75) is 0 Å². The number of pyridine rings is 2. The highest BCUT2D eigenvalue weighted by atomic mass is 35.5. The topological polar surface area (TPSA) is 74.8 Å². The van der Waals surface area contributed by atoms with Crippen LogP contribution in [-0.2, 0) is 0 Å². The summed E-state index contributed by atoms with van der Waals surface area (Å²) in [5.74, 6) is -0.375. The van der Waals surface area contributed by atoms with Crippen molar-refractivity contribution >= 4 is 23.2 Å². The number of aromatic amines is 1. The first-order valence-electron chi connectivity index (χ1n) is 4.77. The molecule has 1 amide bonds. The number of nitrogens with zero attached hydrogens (tertiary/aromatic N) is 1. The standard InChI is InChI=1S/C11H8ClN3O2/c12-9-2-1-8(11(17)15-9)14-10(16)7-3-5-13-6-4-7/h1-6H,(H,14,16)(H,15,17). The first kappa shape index (κ1) is 11.3. The van der Waals surface area contributed by atoms with Crippen LogP contribution >= 0.6 is 11.6 Å². The van der Waals surface area contributed by atoms with Gasteiger partial charge in [0.25, 0.3) is 11.5 Å². The molecule has 0 aliphatic carbocycles. The van der Waals surface area contributed by atoms with E-state index in [4.69, 9.17) is 11.6 Å². The minimum absolute atomic E-state index is 0.149. The van der Waals surface area contributed by atoms with Gasteiger partial charge in [-0.3, -0.25) is 14.6 Å². The van der Waals surface area contributed by atoms with Crippen molar-refractivity contribution in [3.8, 4) is 0 Å². The molecule has 0 atom stereocenters. The summed E-state index contributed by atoms with van der Waals surface area (Å²) in [7, 11) is 0. The van der Waals surface area contributed by atoms with Gasteiger partial charge in [0.05, 0.1) is 0 Å². The second kappa shape index (κ2) is 4.80. The molecule has 2 rings (SSSR count). The fourth-order valence-corrected chi connectivity index (χ4v) is 1.39. The Hall–Kier alpha value is -2.14. The molecule has 0 saturated carbocycles. The molecule has 0 aliphatic heterocycles. The van der Waals surface area contributed by atoms with Crippen molar-refractivity contribution in [1.82, 2.24) is 9.97 Å². The van der Waals surface area contributed by atoms with Crippen LogP contribution in [0.2, 0.25) is 5.15 Å². The third-order valence-corrected chi connectivity index (χ3v) is 2.29. The number of aromatic nitrogens is 2. The van der Waals surface area contributed by atoms with E-state index in [1.165, 1.54) is 24.5 Å². The summed E-state index contributed by atoms with van der Waals surface area (Å²) in [6, 6.07) is 6.05. The molecule has 0 aromatic carbocycles. The van der Waals surface area contributed by atoms with E-state index in [1.807, 2.05) is 0 Å². The third-order valence-electron chi connectivity index (χ3n) is 2.06. The first-order chi connectivity index (χ1) is 8.16. The Bertz CT molecular complexity index is 595. The Morgan fingerprint density at radius 1 is 1.24 bits per heavy atom. The van der Waals surface area contributed by atoms with Gasteiger partial charge in [-0.1, -0.05) is 11.6 Å². The number of halogens is 1. The zero-order valence-corrected chi connectivity index (χ0v) is 9.36. The van der Waals surface area contributed by atoms with Gasteiger partial charge in [0.15, 0.2) is 0 Å². The van der Waals surface area contributed by atoms with Crippen LogP contribution in [0, 0.1) is 0 Å². The number of carbonyl (C=O) groups excluding carboxylic acids is 1. The molecule has 2 heterocycles. The smallest absolute Gasteiger partial charge is 0.272 e. The van der Waals surface area contributed by atoms with Crippen molar-refractivity contribution in [3.63, 3.8) is 0 Å². The van der Waals surface area contributed by atoms with E-state index < -0.39 is 5.56 Å². The molecule has 0 radical (unpaired) electrons. The number of anilines is 1. The van der Waals surface area contributed by atoms with Crippen LogP contribution in [-0.4, -0.2) is 15.9 Å². The van der Waals surface area contributed by atoms with Crippen LogP contribution < -0.4 is 10.9 Å². The predicted octanol–water partition coefficient (Wildman–Crippen LogP) is 1.68. The second-order valence-electron chi connectivity index (χ2n) is 3.24. The number of amides is 1. The quantitative estimate of drug-likeness (QED) is 0.795. The number of carbonyl (C=O) groups is 1. The molecule has 0 spiro atoms. The molecule has 86 valence electrons. The predicted molar refractivity (Wildman–Crippen MR) is 64.3 cm³/mol. The largest absolute Gasteiger partial charge is 0.317 e. The van der Waals surface area contributed by atoms with Gasteiger partial charge in [0.2, 0.25) is 0 Å². The molecule has 0 aliphatic rings. The monoisotopic (exact) mass is 249 g/mol. The van der Waals surface area contributed by atoms with Gasteiger partial charge in [-0.15, -0.1) is 0 Å². The van der Waals surface area contributed by atoms with Crippen molar-refractivity contribution < 1.29 is 4.79 Å². The van der Waals surface area contributed by atoms with Crippen molar-refractivity contribution in [1.29, 1.82) is 0 Å².